The van der Waals surface area contributed by atoms with E-state index in [4.69, 9.17) is 9.47 Å². The van der Waals surface area contributed by atoms with Crippen molar-refractivity contribution in [1.82, 2.24) is 14.9 Å². The van der Waals surface area contributed by atoms with Gasteiger partial charge >= 0.3 is 0 Å². The summed E-state index contributed by atoms with van der Waals surface area (Å²) in [5.41, 5.74) is 1.83. The molecule has 2 N–H and O–H groups in total. The Morgan fingerprint density at radius 2 is 1.82 bits per heavy atom. The monoisotopic (exact) mass is 511 g/mol. The topological polar surface area (TPSA) is 106 Å². The zero-order chi connectivity index (χ0) is 26.7. The van der Waals surface area contributed by atoms with E-state index in [0.717, 1.165) is 17.4 Å². The molecule has 0 aliphatic rings. The van der Waals surface area contributed by atoms with Crippen molar-refractivity contribution in [3.05, 3.63) is 96.8 Å². The van der Waals surface area contributed by atoms with E-state index in [2.05, 4.69) is 25.5 Å². The molecule has 0 radical (unpaired) electrons. The number of hydrogen-bond acceptors (Lipinski definition) is 7. The van der Waals surface area contributed by atoms with Gasteiger partial charge in [0.15, 0.2) is 0 Å². The molecule has 0 aliphatic carbocycles. The molecule has 194 valence electrons. The summed E-state index contributed by atoms with van der Waals surface area (Å²) >= 11 is 0. The van der Waals surface area contributed by atoms with Crippen LogP contribution in [0.15, 0.2) is 91.3 Å². The third-order valence-electron chi connectivity index (χ3n) is 5.58. The minimum atomic E-state index is -0.263. The summed E-state index contributed by atoms with van der Waals surface area (Å²) in [7, 11) is 3.62. The molecule has 4 rings (SSSR count). The summed E-state index contributed by atoms with van der Waals surface area (Å²) in [6, 6.07) is 19.3. The molecule has 2 aromatic carbocycles. The van der Waals surface area contributed by atoms with Crippen LogP contribution in [0.5, 0.6) is 11.5 Å². The fourth-order valence-corrected chi connectivity index (χ4v) is 3.58. The van der Waals surface area contributed by atoms with E-state index in [9.17, 15) is 9.59 Å². The first-order valence-electron chi connectivity index (χ1n) is 12.1. The molecule has 2 aromatic heterocycles. The number of pyridine rings is 2. The number of carbonyl (C=O) groups is 2. The molecule has 2 heterocycles. The molecular formula is C29H29N5O4. The Bertz CT molecular complexity index is 1410. The largest absolute Gasteiger partial charge is 0.457 e. The van der Waals surface area contributed by atoms with Crippen LogP contribution in [0.2, 0.25) is 0 Å². The Morgan fingerprint density at radius 3 is 2.58 bits per heavy atom. The molecular weight excluding hydrogens is 482 g/mol. The van der Waals surface area contributed by atoms with Gasteiger partial charge in [-0.1, -0.05) is 12.1 Å². The maximum absolute atomic E-state index is 12.5. The minimum Gasteiger partial charge on any atom is -0.457 e. The Hall–Kier alpha value is -4.60. The second-order valence-corrected chi connectivity index (χ2v) is 8.48. The highest BCUT2D eigenvalue weighted by Crippen LogP contribution is 2.31. The lowest BCUT2D eigenvalue weighted by Gasteiger charge is -2.13. The second-order valence-electron chi connectivity index (χ2n) is 8.48. The van der Waals surface area contributed by atoms with Crippen molar-refractivity contribution in [3.8, 4) is 11.5 Å². The van der Waals surface area contributed by atoms with Crippen LogP contribution in [0.4, 0.5) is 11.5 Å². The number of likely N-dealkylation sites (N-methyl/N-ethyl adjacent to an activating group) is 1. The zero-order valence-corrected chi connectivity index (χ0v) is 21.3. The first-order valence-corrected chi connectivity index (χ1v) is 12.1. The minimum absolute atomic E-state index is 0.226. The van der Waals surface area contributed by atoms with E-state index in [0.29, 0.717) is 41.7 Å². The van der Waals surface area contributed by atoms with E-state index in [-0.39, 0.29) is 11.8 Å². The molecule has 0 aliphatic heterocycles. The average molecular weight is 512 g/mol. The van der Waals surface area contributed by atoms with Crippen LogP contribution in [0, 0.1) is 0 Å². The molecule has 0 spiro atoms. The van der Waals surface area contributed by atoms with Crippen molar-refractivity contribution in [2.45, 2.75) is 0 Å². The Labute approximate surface area is 221 Å². The fraction of sp³-hybridized carbons (Fsp3) is 0.172. The summed E-state index contributed by atoms with van der Waals surface area (Å²) in [6.45, 7) is 2.06. The van der Waals surface area contributed by atoms with E-state index in [1.54, 1.807) is 74.1 Å². The van der Waals surface area contributed by atoms with Crippen LogP contribution >= 0.6 is 0 Å². The standard InChI is InChI=1S/C29H29N5O4/c1-34(18-19-37-2)17-5-7-28(35)32-22-10-13-25-24(20-22)26(14-16-30-25)38-23-11-8-21(9-12-23)29(36)33-27-6-3-4-15-31-27/h3-16,20H,17-19H2,1-2H3,(H,32,35)(H,31,33,36). The van der Waals surface area contributed by atoms with Crippen molar-refractivity contribution < 1.29 is 19.1 Å². The highest BCUT2D eigenvalue weighted by molar-refractivity contribution is 6.04. The first kappa shape index (κ1) is 26.5. The zero-order valence-electron chi connectivity index (χ0n) is 21.3. The number of ether oxygens (including phenoxy) is 2. The SMILES string of the molecule is COCCN(C)CC=CC(=O)Nc1ccc2nccc(Oc3ccc(C(=O)Nc4ccccn4)cc3)c2c1. The van der Waals surface area contributed by atoms with E-state index >= 15 is 0 Å². The van der Waals surface area contributed by atoms with Gasteiger partial charge in [0.25, 0.3) is 5.91 Å². The predicted octanol–water partition coefficient (Wildman–Crippen LogP) is 4.75. The maximum atomic E-state index is 12.5. The van der Waals surface area contributed by atoms with Crippen molar-refractivity contribution in [1.29, 1.82) is 0 Å². The van der Waals surface area contributed by atoms with Gasteiger partial charge in [-0.15, -0.1) is 0 Å². The molecule has 9 heteroatoms. The number of hydrogen-bond donors (Lipinski definition) is 2. The number of benzene rings is 2. The number of rotatable bonds is 11. The van der Waals surface area contributed by atoms with Gasteiger partial charge in [-0.2, -0.15) is 0 Å². The molecule has 0 bridgehead atoms. The van der Waals surface area contributed by atoms with Crippen molar-refractivity contribution >= 4 is 34.2 Å². The molecule has 9 nitrogen and oxygen atoms in total. The molecule has 0 unspecified atom stereocenters. The number of methoxy groups -OCH3 is 1. The Morgan fingerprint density at radius 1 is 0.974 bits per heavy atom. The Balaban J connectivity index is 1.41. The van der Waals surface area contributed by atoms with Crippen molar-refractivity contribution in [2.24, 2.45) is 0 Å². The third-order valence-corrected chi connectivity index (χ3v) is 5.58. The lowest BCUT2D eigenvalue weighted by molar-refractivity contribution is -0.111. The number of nitrogens with one attached hydrogen (secondary N) is 2. The van der Waals surface area contributed by atoms with E-state index in [1.165, 1.54) is 6.08 Å². The van der Waals surface area contributed by atoms with Gasteiger partial charge in [0.1, 0.15) is 17.3 Å². The lowest BCUT2D eigenvalue weighted by atomic mass is 10.1. The molecule has 0 saturated heterocycles. The lowest BCUT2D eigenvalue weighted by Crippen LogP contribution is -2.23. The summed E-state index contributed by atoms with van der Waals surface area (Å²) in [5, 5.41) is 6.37. The average Bonchev–Trinajstić information content (AvgIpc) is 2.93. The van der Waals surface area contributed by atoms with Gasteiger partial charge in [-0.25, -0.2) is 4.98 Å². The Kier molecular flexibility index (Phi) is 9.12. The smallest absolute Gasteiger partial charge is 0.256 e. The van der Waals surface area contributed by atoms with Gasteiger partial charge in [-0.3, -0.25) is 14.6 Å². The molecule has 0 saturated carbocycles. The van der Waals surface area contributed by atoms with Gasteiger partial charge in [0, 0.05) is 55.3 Å². The summed E-state index contributed by atoms with van der Waals surface area (Å²) in [6.07, 6.45) is 6.60. The number of fused-ring (bicyclic) bond motifs is 1. The maximum Gasteiger partial charge on any atom is 0.256 e. The molecule has 2 amide bonds. The van der Waals surface area contributed by atoms with E-state index in [1.807, 2.05) is 25.3 Å². The number of nitrogens with zero attached hydrogens (tertiary/aromatic N) is 3. The quantitative estimate of drug-likeness (QED) is 0.280. The highest BCUT2D eigenvalue weighted by atomic mass is 16.5. The van der Waals surface area contributed by atoms with Crippen molar-refractivity contribution in [3.63, 3.8) is 0 Å². The normalized spacial score (nSPS) is 11.1. The molecule has 38 heavy (non-hydrogen) atoms. The van der Waals surface area contributed by atoms with E-state index < -0.39 is 0 Å². The summed E-state index contributed by atoms with van der Waals surface area (Å²) in [4.78, 5) is 35.4. The fourth-order valence-electron chi connectivity index (χ4n) is 3.58. The molecule has 4 aromatic rings. The van der Waals surface area contributed by atoms with Crippen LogP contribution in [0.1, 0.15) is 10.4 Å². The number of aromatic nitrogens is 2. The van der Waals surface area contributed by atoms with Crippen LogP contribution in [0.3, 0.4) is 0 Å². The summed E-state index contributed by atoms with van der Waals surface area (Å²) < 4.78 is 11.2. The number of carbonyl (C=O) groups excluding carboxylic acids is 2. The summed E-state index contributed by atoms with van der Waals surface area (Å²) in [5.74, 6) is 1.12. The van der Waals surface area contributed by atoms with Crippen molar-refractivity contribution in [2.75, 3.05) is 44.5 Å². The molecule has 0 atom stereocenters. The molecule has 0 fully saturated rings. The van der Waals surface area contributed by atoms with Gasteiger partial charge in [0.05, 0.1) is 12.1 Å². The van der Waals surface area contributed by atoms with Crippen LogP contribution in [-0.2, 0) is 9.53 Å². The van der Waals surface area contributed by atoms with Crippen LogP contribution in [0.25, 0.3) is 10.9 Å². The predicted molar refractivity (Wildman–Crippen MR) is 148 cm³/mol. The van der Waals surface area contributed by atoms with Crippen LogP contribution < -0.4 is 15.4 Å². The van der Waals surface area contributed by atoms with Gasteiger partial charge in [0.2, 0.25) is 5.91 Å². The second kappa shape index (κ2) is 13.1. The van der Waals surface area contributed by atoms with Gasteiger partial charge < -0.3 is 25.0 Å². The highest BCUT2D eigenvalue weighted by Gasteiger charge is 2.10. The third kappa shape index (κ3) is 7.45. The first-order chi connectivity index (χ1) is 18.5. The van der Waals surface area contributed by atoms with Crippen LogP contribution in [-0.4, -0.2) is 60.5 Å². The number of amides is 2. The number of anilines is 2. The van der Waals surface area contributed by atoms with Gasteiger partial charge in [-0.05, 0) is 67.7 Å².